The molecule has 5 aromatic rings. The van der Waals surface area contributed by atoms with Crippen molar-refractivity contribution in [3.05, 3.63) is 70.6 Å². The van der Waals surface area contributed by atoms with Gasteiger partial charge in [-0.3, -0.25) is 14.7 Å². The molecule has 11 heteroatoms. The third-order valence-corrected chi connectivity index (χ3v) is 7.94. The Kier molecular flexibility index (Phi) is 7.42. The summed E-state index contributed by atoms with van der Waals surface area (Å²) >= 11 is 1.54. The van der Waals surface area contributed by atoms with Crippen LogP contribution in [0.15, 0.2) is 47.8 Å². The molecule has 0 radical (unpaired) electrons. The molecule has 0 atom stereocenters. The summed E-state index contributed by atoms with van der Waals surface area (Å²) in [5.41, 5.74) is 5.09. The lowest BCUT2D eigenvalue weighted by Gasteiger charge is -2.19. The van der Waals surface area contributed by atoms with Crippen LogP contribution in [-0.2, 0) is 17.8 Å². The van der Waals surface area contributed by atoms with Crippen LogP contribution in [0.1, 0.15) is 48.9 Å². The number of benzene rings is 2. The highest BCUT2D eigenvalue weighted by Gasteiger charge is 2.25. The zero-order chi connectivity index (χ0) is 29.4. The van der Waals surface area contributed by atoms with Gasteiger partial charge in [0.05, 0.1) is 18.3 Å². The molecule has 214 valence electrons. The molecule has 3 N–H and O–H groups in total. The fourth-order valence-electron chi connectivity index (χ4n) is 5.07. The zero-order valence-electron chi connectivity index (χ0n) is 23.4. The number of aromatic nitrogens is 4. The Morgan fingerprint density at radius 1 is 1.12 bits per heavy atom. The van der Waals surface area contributed by atoms with E-state index < -0.39 is 5.82 Å². The van der Waals surface area contributed by atoms with E-state index in [1.165, 1.54) is 23.5 Å². The molecule has 6 rings (SSSR count). The van der Waals surface area contributed by atoms with E-state index in [1.807, 2.05) is 43.5 Å². The second-order valence-corrected chi connectivity index (χ2v) is 11.2. The highest BCUT2D eigenvalue weighted by Crippen LogP contribution is 2.45. The van der Waals surface area contributed by atoms with Gasteiger partial charge in [-0.2, -0.15) is 5.10 Å². The van der Waals surface area contributed by atoms with Gasteiger partial charge in [0, 0.05) is 51.4 Å². The lowest BCUT2D eigenvalue weighted by atomic mass is 9.94. The third kappa shape index (κ3) is 5.23. The van der Waals surface area contributed by atoms with Crippen molar-refractivity contribution >= 4 is 33.2 Å². The molecule has 0 unspecified atom stereocenters. The topological polar surface area (TPSA) is 122 Å². The molecular weight excluding hydrogens is 555 g/mol. The summed E-state index contributed by atoms with van der Waals surface area (Å²) in [6.07, 6.45) is 0.896. The van der Waals surface area contributed by atoms with Crippen LogP contribution in [0.25, 0.3) is 44.0 Å². The first kappa shape index (κ1) is 27.5. The van der Waals surface area contributed by atoms with Crippen LogP contribution in [0, 0.1) is 5.82 Å². The number of hydrogen-bond acceptors (Lipinski definition) is 7. The lowest BCUT2D eigenvalue weighted by molar-refractivity contribution is -0.120. The molecule has 0 saturated carbocycles. The van der Waals surface area contributed by atoms with Crippen LogP contribution in [0.2, 0.25) is 0 Å². The van der Waals surface area contributed by atoms with Crippen LogP contribution in [0.3, 0.4) is 0 Å². The Morgan fingerprint density at radius 3 is 2.76 bits per heavy atom. The number of halogens is 1. The fraction of sp³-hybridized carbons (Fsp3) is 0.258. The SMILES string of the molecule is CCC(=O)NCc1nc(-c2nc(-c3ccc4c(c3)CCNC4=O)c3ccsc3c2-c2ccc(F)cc2OC(C)C)n[nH]1. The Labute approximate surface area is 245 Å². The molecule has 0 aliphatic carbocycles. The maximum Gasteiger partial charge on any atom is 0.251 e. The highest BCUT2D eigenvalue weighted by molar-refractivity contribution is 7.18. The van der Waals surface area contributed by atoms with Gasteiger partial charge in [-0.1, -0.05) is 13.0 Å². The largest absolute Gasteiger partial charge is 0.490 e. The van der Waals surface area contributed by atoms with Crippen molar-refractivity contribution < 1.29 is 18.7 Å². The Balaban J connectivity index is 1.58. The average Bonchev–Trinajstić information content (AvgIpc) is 3.65. The minimum atomic E-state index is -0.409. The summed E-state index contributed by atoms with van der Waals surface area (Å²) < 4.78 is 21.4. The standard InChI is InChI=1S/C31H29FN6O3S/c1-4-25(39)34-15-24-35-30(38-37-24)28-26(21-8-6-19(32)14-23(21)41-16(2)3)29-22(10-12-42-29)27(36-28)18-5-7-20-17(13-18)9-11-33-31(20)40/h5-8,10,12-14,16H,4,9,11,15H2,1-3H3,(H,33,40)(H,34,39)(H,35,37,38). The summed E-state index contributed by atoms with van der Waals surface area (Å²) in [5, 5.41) is 16.0. The second-order valence-electron chi connectivity index (χ2n) is 10.3. The summed E-state index contributed by atoms with van der Waals surface area (Å²) in [4.78, 5) is 34.1. The van der Waals surface area contributed by atoms with Gasteiger partial charge in [0.25, 0.3) is 5.91 Å². The number of carbonyl (C=O) groups is 2. The Hall–Kier alpha value is -4.64. The highest BCUT2D eigenvalue weighted by atomic mass is 32.1. The van der Waals surface area contributed by atoms with E-state index in [1.54, 1.807) is 13.0 Å². The summed E-state index contributed by atoms with van der Waals surface area (Å²) in [6, 6.07) is 12.2. The van der Waals surface area contributed by atoms with Gasteiger partial charge in [-0.25, -0.2) is 14.4 Å². The number of nitrogens with one attached hydrogen (secondary N) is 3. The molecule has 9 nitrogen and oxygen atoms in total. The Morgan fingerprint density at radius 2 is 1.95 bits per heavy atom. The number of aromatic amines is 1. The van der Waals surface area contributed by atoms with E-state index in [0.29, 0.717) is 47.2 Å². The molecule has 4 heterocycles. The van der Waals surface area contributed by atoms with Gasteiger partial charge in [0.15, 0.2) is 0 Å². The monoisotopic (exact) mass is 584 g/mol. The summed E-state index contributed by atoms with van der Waals surface area (Å²) in [6.45, 7) is 6.33. The lowest BCUT2D eigenvalue weighted by Crippen LogP contribution is -2.31. The van der Waals surface area contributed by atoms with Crippen LogP contribution in [0.5, 0.6) is 5.75 Å². The molecule has 2 aromatic carbocycles. The zero-order valence-corrected chi connectivity index (χ0v) is 24.2. The number of amides is 2. The normalized spacial score (nSPS) is 12.8. The number of carbonyl (C=O) groups excluding carboxylic acids is 2. The quantitative estimate of drug-likeness (QED) is 0.217. The number of pyridine rings is 1. The van der Waals surface area contributed by atoms with Gasteiger partial charge >= 0.3 is 0 Å². The minimum Gasteiger partial charge on any atom is -0.490 e. The number of hydrogen-bond donors (Lipinski definition) is 3. The maximum absolute atomic E-state index is 14.4. The first-order valence-corrected chi connectivity index (χ1v) is 14.7. The van der Waals surface area contributed by atoms with Crippen molar-refractivity contribution in [1.29, 1.82) is 0 Å². The number of nitrogens with zero attached hydrogens (tertiary/aromatic N) is 3. The predicted molar refractivity (Wildman–Crippen MR) is 160 cm³/mol. The molecule has 0 fully saturated rings. The first-order valence-electron chi connectivity index (χ1n) is 13.8. The molecule has 2 amide bonds. The van der Waals surface area contributed by atoms with E-state index in [0.717, 1.165) is 38.9 Å². The van der Waals surface area contributed by atoms with Crippen LogP contribution in [0.4, 0.5) is 4.39 Å². The van der Waals surface area contributed by atoms with Crippen LogP contribution in [-0.4, -0.2) is 44.6 Å². The summed E-state index contributed by atoms with van der Waals surface area (Å²) in [5.74, 6) is 0.611. The number of ether oxygens (including phenoxy) is 1. The number of fused-ring (bicyclic) bond motifs is 2. The van der Waals surface area contributed by atoms with Crippen molar-refractivity contribution in [2.75, 3.05) is 6.54 Å². The van der Waals surface area contributed by atoms with Crippen LogP contribution < -0.4 is 15.4 Å². The molecule has 0 bridgehead atoms. The van der Waals surface area contributed by atoms with E-state index in [9.17, 15) is 14.0 Å². The van der Waals surface area contributed by atoms with Crippen molar-refractivity contribution in [2.45, 2.75) is 46.3 Å². The number of rotatable bonds is 8. The molecule has 42 heavy (non-hydrogen) atoms. The van der Waals surface area contributed by atoms with Crippen LogP contribution >= 0.6 is 11.3 Å². The van der Waals surface area contributed by atoms with E-state index in [2.05, 4.69) is 25.8 Å². The average molecular weight is 585 g/mol. The van der Waals surface area contributed by atoms with E-state index in [4.69, 9.17) is 9.72 Å². The fourth-order valence-corrected chi connectivity index (χ4v) is 6.03. The van der Waals surface area contributed by atoms with Gasteiger partial charge < -0.3 is 15.4 Å². The number of H-pyrrole nitrogens is 1. The number of thiophene rings is 1. The van der Waals surface area contributed by atoms with Gasteiger partial charge in [0.1, 0.15) is 23.1 Å². The third-order valence-electron chi connectivity index (χ3n) is 7.00. The summed E-state index contributed by atoms with van der Waals surface area (Å²) in [7, 11) is 0. The van der Waals surface area contributed by atoms with Crippen molar-refractivity contribution in [1.82, 2.24) is 30.8 Å². The minimum absolute atomic E-state index is 0.0788. The van der Waals surface area contributed by atoms with Crippen molar-refractivity contribution in [3.63, 3.8) is 0 Å². The van der Waals surface area contributed by atoms with Crippen molar-refractivity contribution in [2.24, 2.45) is 0 Å². The molecule has 1 aliphatic rings. The van der Waals surface area contributed by atoms with Gasteiger partial charge in [-0.05, 0) is 61.5 Å². The molecule has 0 spiro atoms. The first-order chi connectivity index (χ1) is 20.3. The molecular formula is C31H29FN6O3S. The predicted octanol–water partition coefficient (Wildman–Crippen LogP) is 5.65. The smallest absolute Gasteiger partial charge is 0.251 e. The van der Waals surface area contributed by atoms with Crippen molar-refractivity contribution in [3.8, 4) is 39.7 Å². The molecule has 1 aliphatic heterocycles. The maximum atomic E-state index is 14.4. The van der Waals surface area contributed by atoms with E-state index >= 15 is 0 Å². The second kappa shape index (κ2) is 11.3. The van der Waals surface area contributed by atoms with Gasteiger partial charge in [0.2, 0.25) is 11.7 Å². The molecule has 3 aromatic heterocycles. The Bertz CT molecular complexity index is 1830. The van der Waals surface area contributed by atoms with E-state index in [-0.39, 0.29) is 24.5 Å². The van der Waals surface area contributed by atoms with Gasteiger partial charge in [-0.15, -0.1) is 11.3 Å². The molecule has 0 saturated heterocycles.